The first-order valence-corrected chi connectivity index (χ1v) is 7.94. The molecule has 2 aromatic rings. The summed E-state index contributed by atoms with van der Waals surface area (Å²) in [6.45, 7) is 1.85. The van der Waals surface area contributed by atoms with Crippen LogP contribution in [0.1, 0.15) is 16.7 Å². The van der Waals surface area contributed by atoms with Gasteiger partial charge in [0.2, 0.25) is 0 Å². The Morgan fingerprint density at radius 2 is 1.86 bits per heavy atom. The minimum absolute atomic E-state index is 0.0356. The van der Waals surface area contributed by atoms with Crippen molar-refractivity contribution in [3.63, 3.8) is 0 Å². The van der Waals surface area contributed by atoms with Crippen molar-refractivity contribution >= 4 is 55.1 Å². The van der Waals surface area contributed by atoms with Crippen LogP contribution in [-0.4, -0.2) is 5.91 Å². The Bertz CT molecular complexity index is 847. The van der Waals surface area contributed by atoms with E-state index in [1.54, 1.807) is 0 Å². The van der Waals surface area contributed by atoms with Gasteiger partial charge in [0.15, 0.2) is 0 Å². The molecule has 3 rings (SSSR count). The number of anilines is 1. The second-order valence-corrected chi connectivity index (χ2v) is 6.60. The third kappa shape index (κ3) is 2.50. The molecule has 6 heteroatoms. The molecule has 0 aliphatic carbocycles. The molecule has 0 radical (unpaired) electrons. The van der Waals surface area contributed by atoms with Crippen LogP contribution in [0.25, 0.3) is 11.6 Å². The van der Waals surface area contributed by atoms with Crippen molar-refractivity contribution in [1.29, 1.82) is 0 Å². The quantitative estimate of drug-likeness (QED) is 0.614. The maximum atomic E-state index is 13.8. The second-order valence-electron chi connectivity index (χ2n) is 4.89. The van der Waals surface area contributed by atoms with Crippen LogP contribution in [0.3, 0.4) is 0 Å². The molecule has 0 spiro atoms. The van der Waals surface area contributed by atoms with Crippen LogP contribution in [0.4, 0.5) is 14.5 Å². The van der Waals surface area contributed by atoms with Gasteiger partial charge in [-0.15, -0.1) is 0 Å². The summed E-state index contributed by atoms with van der Waals surface area (Å²) >= 11 is 6.82. The summed E-state index contributed by atoms with van der Waals surface area (Å²) in [6, 6.07) is 4.98. The molecular weight excluding hydrogens is 420 g/mol. The van der Waals surface area contributed by atoms with Crippen LogP contribution in [0.5, 0.6) is 0 Å². The van der Waals surface area contributed by atoms with Crippen LogP contribution in [0.2, 0.25) is 0 Å². The highest BCUT2D eigenvalue weighted by Crippen LogP contribution is 2.43. The summed E-state index contributed by atoms with van der Waals surface area (Å²) in [5.41, 5.74) is 2.50. The van der Waals surface area contributed by atoms with Crippen molar-refractivity contribution in [2.24, 2.45) is 0 Å². The summed E-state index contributed by atoms with van der Waals surface area (Å²) in [5.74, 6) is -1.48. The monoisotopic (exact) mass is 427 g/mol. The lowest BCUT2D eigenvalue weighted by molar-refractivity contribution is -0.110. The zero-order valence-corrected chi connectivity index (χ0v) is 14.5. The SMILES string of the molecule is Cc1c(Br)cc(Br)c2c1C(=Cc1cc(F)ccc1F)C(=O)N2. The van der Waals surface area contributed by atoms with Gasteiger partial charge in [-0.1, -0.05) is 15.9 Å². The third-order valence-electron chi connectivity index (χ3n) is 3.49. The standard InChI is InChI=1S/C16H9Br2F2NO/c1-7-11(17)6-12(18)15-14(7)10(16(22)21-15)5-8-4-9(19)2-3-13(8)20/h2-6H,1H3,(H,21,22). The second kappa shape index (κ2) is 5.59. The van der Waals surface area contributed by atoms with Crippen LogP contribution in [-0.2, 0) is 4.79 Å². The highest BCUT2D eigenvalue weighted by atomic mass is 79.9. The number of carbonyl (C=O) groups excluding carboxylic acids is 1. The largest absolute Gasteiger partial charge is 0.320 e. The minimum Gasteiger partial charge on any atom is -0.320 e. The molecule has 1 aliphatic rings. The molecule has 0 atom stereocenters. The van der Waals surface area contributed by atoms with Crippen molar-refractivity contribution in [2.45, 2.75) is 6.92 Å². The summed E-state index contributed by atoms with van der Waals surface area (Å²) in [4.78, 5) is 12.2. The maximum Gasteiger partial charge on any atom is 0.256 e. The van der Waals surface area contributed by atoms with Gasteiger partial charge in [0, 0.05) is 20.1 Å². The van der Waals surface area contributed by atoms with Gasteiger partial charge in [-0.25, -0.2) is 8.78 Å². The Morgan fingerprint density at radius 1 is 1.14 bits per heavy atom. The molecule has 2 aromatic carbocycles. The molecule has 2 nitrogen and oxygen atoms in total. The number of hydrogen-bond acceptors (Lipinski definition) is 1. The summed E-state index contributed by atoms with van der Waals surface area (Å²) in [6.07, 6.45) is 1.37. The number of hydrogen-bond donors (Lipinski definition) is 1. The molecule has 22 heavy (non-hydrogen) atoms. The zero-order valence-electron chi connectivity index (χ0n) is 11.3. The lowest BCUT2D eigenvalue weighted by Crippen LogP contribution is -2.04. The van der Waals surface area contributed by atoms with E-state index in [2.05, 4.69) is 37.2 Å². The first-order chi connectivity index (χ1) is 10.4. The average molecular weight is 429 g/mol. The smallest absolute Gasteiger partial charge is 0.256 e. The van der Waals surface area contributed by atoms with Gasteiger partial charge >= 0.3 is 0 Å². The zero-order chi connectivity index (χ0) is 16.0. The van der Waals surface area contributed by atoms with E-state index in [0.717, 1.165) is 32.7 Å². The minimum atomic E-state index is -0.582. The molecule has 1 aliphatic heterocycles. The Labute approximate surface area is 142 Å². The van der Waals surface area contributed by atoms with Crippen molar-refractivity contribution < 1.29 is 13.6 Å². The van der Waals surface area contributed by atoms with E-state index in [0.29, 0.717) is 16.8 Å². The van der Waals surface area contributed by atoms with E-state index < -0.39 is 11.6 Å². The van der Waals surface area contributed by atoms with Gasteiger partial charge < -0.3 is 5.32 Å². The predicted molar refractivity (Wildman–Crippen MR) is 89.4 cm³/mol. The van der Waals surface area contributed by atoms with Gasteiger partial charge in [0.05, 0.1) is 11.3 Å². The molecular formula is C16H9Br2F2NO. The third-order valence-corrected chi connectivity index (χ3v) is 4.93. The Kier molecular flexibility index (Phi) is 3.91. The molecule has 0 aromatic heterocycles. The van der Waals surface area contributed by atoms with Gasteiger partial charge in [-0.2, -0.15) is 0 Å². The van der Waals surface area contributed by atoms with Crippen LogP contribution in [0, 0.1) is 18.6 Å². The molecule has 1 N–H and O–H groups in total. The van der Waals surface area contributed by atoms with Crippen molar-refractivity contribution in [1.82, 2.24) is 0 Å². The number of halogens is 4. The first kappa shape index (κ1) is 15.4. The molecule has 0 fully saturated rings. The molecule has 112 valence electrons. The number of fused-ring (bicyclic) bond motifs is 1. The lowest BCUT2D eigenvalue weighted by atomic mass is 9.99. The van der Waals surface area contributed by atoms with E-state index in [1.165, 1.54) is 6.08 Å². The van der Waals surface area contributed by atoms with Gasteiger partial charge in [0.1, 0.15) is 11.6 Å². The fourth-order valence-electron chi connectivity index (χ4n) is 2.39. The van der Waals surface area contributed by atoms with E-state index in [4.69, 9.17) is 0 Å². The molecule has 1 heterocycles. The van der Waals surface area contributed by atoms with Crippen molar-refractivity contribution in [3.05, 3.63) is 61.5 Å². The number of amides is 1. The number of carbonyl (C=O) groups is 1. The summed E-state index contributed by atoms with van der Waals surface area (Å²) in [7, 11) is 0. The fraction of sp³-hybridized carbons (Fsp3) is 0.0625. The van der Waals surface area contributed by atoms with Gasteiger partial charge in [0.25, 0.3) is 5.91 Å². The van der Waals surface area contributed by atoms with Crippen LogP contribution < -0.4 is 5.32 Å². The molecule has 1 amide bonds. The first-order valence-electron chi connectivity index (χ1n) is 6.35. The maximum absolute atomic E-state index is 13.8. The normalized spacial score (nSPS) is 15.1. The summed E-state index contributed by atoms with van der Waals surface area (Å²) < 4.78 is 28.7. The highest BCUT2D eigenvalue weighted by molar-refractivity contribution is 9.11. The van der Waals surface area contributed by atoms with Gasteiger partial charge in [-0.05, 0) is 58.8 Å². The van der Waals surface area contributed by atoms with Crippen LogP contribution >= 0.6 is 31.9 Å². The van der Waals surface area contributed by atoms with Crippen LogP contribution in [0.15, 0.2) is 33.2 Å². The molecule has 0 saturated carbocycles. The van der Waals surface area contributed by atoms with E-state index >= 15 is 0 Å². The predicted octanol–water partition coefficient (Wildman–Crippen LogP) is 5.29. The van der Waals surface area contributed by atoms with Gasteiger partial charge in [-0.3, -0.25) is 4.79 Å². The topological polar surface area (TPSA) is 29.1 Å². The van der Waals surface area contributed by atoms with Crippen molar-refractivity contribution in [3.8, 4) is 0 Å². The molecule has 0 unspecified atom stereocenters. The molecule has 0 bridgehead atoms. The number of benzene rings is 2. The number of nitrogens with one attached hydrogen (secondary N) is 1. The van der Waals surface area contributed by atoms with E-state index in [-0.39, 0.29) is 11.5 Å². The Balaban J connectivity index is 2.25. The molecule has 0 saturated heterocycles. The Hall–Kier alpha value is -1.53. The summed E-state index contributed by atoms with van der Waals surface area (Å²) in [5, 5.41) is 2.75. The Morgan fingerprint density at radius 3 is 2.59 bits per heavy atom. The number of rotatable bonds is 1. The van der Waals surface area contributed by atoms with E-state index in [1.807, 2.05) is 13.0 Å². The average Bonchev–Trinajstić information content (AvgIpc) is 2.78. The highest BCUT2D eigenvalue weighted by Gasteiger charge is 2.29. The van der Waals surface area contributed by atoms with Crippen molar-refractivity contribution in [2.75, 3.05) is 5.32 Å². The van der Waals surface area contributed by atoms with E-state index in [9.17, 15) is 13.6 Å². The fourth-order valence-corrected chi connectivity index (χ4v) is 3.65. The lowest BCUT2D eigenvalue weighted by Gasteiger charge is -2.08.